The second-order valence-electron chi connectivity index (χ2n) is 6.32. The van der Waals surface area contributed by atoms with Crippen molar-refractivity contribution in [3.63, 3.8) is 0 Å². The van der Waals surface area contributed by atoms with Crippen molar-refractivity contribution in [1.29, 1.82) is 0 Å². The number of hydrogen-bond donors (Lipinski definition) is 1. The monoisotopic (exact) mass is 288 g/mol. The Bertz CT molecular complexity index is 361. The molecule has 0 aliphatic carbocycles. The molecular weight excluding hydrogens is 260 g/mol. The molecule has 5 heteroatoms. The number of hydrogen-bond acceptors (Lipinski definition) is 4. The van der Waals surface area contributed by atoms with E-state index in [0.717, 1.165) is 25.9 Å². The lowest BCUT2D eigenvalue weighted by Gasteiger charge is -2.40. The van der Waals surface area contributed by atoms with Gasteiger partial charge in [-0.2, -0.15) is 0 Å². The summed E-state index contributed by atoms with van der Waals surface area (Å²) in [6.45, 7) is 6.66. The summed E-state index contributed by atoms with van der Waals surface area (Å²) in [5.74, 6) is 0.748. The molecule has 0 amide bonds. The molecule has 2 aliphatic heterocycles. The van der Waals surface area contributed by atoms with Crippen molar-refractivity contribution in [2.24, 2.45) is 0 Å². The average Bonchev–Trinajstić information content (AvgIpc) is 2.37. The molecule has 4 nitrogen and oxygen atoms in total. The maximum atomic E-state index is 11.5. The van der Waals surface area contributed by atoms with Gasteiger partial charge in [-0.05, 0) is 46.1 Å². The molecule has 1 atom stereocenters. The first kappa shape index (κ1) is 15.3. The normalized spacial score (nSPS) is 28.9. The minimum atomic E-state index is -2.75. The minimum Gasteiger partial charge on any atom is -0.313 e. The molecule has 0 aromatic heterocycles. The molecule has 2 rings (SSSR count). The van der Waals surface area contributed by atoms with Crippen LogP contribution in [-0.4, -0.2) is 56.0 Å². The Labute approximate surface area is 117 Å². The van der Waals surface area contributed by atoms with E-state index in [1.807, 2.05) is 0 Å². The summed E-state index contributed by atoms with van der Waals surface area (Å²) in [7, 11) is -2.75. The van der Waals surface area contributed by atoms with Crippen molar-refractivity contribution < 1.29 is 8.42 Å². The Hall–Kier alpha value is -0.130. The van der Waals surface area contributed by atoms with E-state index in [1.165, 1.54) is 19.3 Å². The van der Waals surface area contributed by atoms with Gasteiger partial charge in [0, 0.05) is 24.7 Å². The van der Waals surface area contributed by atoms with Crippen LogP contribution in [0, 0.1) is 0 Å². The van der Waals surface area contributed by atoms with Gasteiger partial charge in [0.05, 0.1) is 11.5 Å². The van der Waals surface area contributed by atoms with Crippen LogP contribution in [0.1, 0.15) is 46.0 Å². The first-order valence-corrected chi connectivity index (χ1v) is 9.49. The largest absolute Gasteiger partial charge is 0.313 e. The van der Waals surface area contributed by atoms with Crippen LogP contribution < -0.4 is 5.32 Å². The lowest BCUT2D eigenvalue weighted by molar-refractivity contribution is 0.120. The maximum absolute atomic E-state index is 11.5. The summed E-state index contributed by atoms with van der Waals surface area (Å²) in [5, 5.41) is 3.60. The number of nitrogens with one attached hydrogen (secondary N) is 1. The molecule has 0 bridgehead atoms. The van der Waals surface area contributed by atoms with Crippen LogP contribution in [0.15, 0.2) is 0 Å². The van der Waals surface area contributed by atoms with Gasteiger partial charge in [0.1, 0.15) is 9.84 Å². The standard InChI is InChI=1S/C14H28N2O2S/c1-12(2)16(11-13-5-3-4-8-15-13)14-6-9-19(17,18)10-7-14/h12-15H,3-11H2,1-2H3. The number of piperidine rings is 1. The maximum Gasteiger partial charge on any atom is 0.150 e. The van der Waals surface area contributed by atoms with Gasteiger partial charge in [0.2, 0.25) is 0 Å². The fourth-order valence-electron chi connectivity index (χ4n) is 3.33. The smallest absolute Gasteiger partial charge is 0.150 e. The highest BCUT2D eigenvalue weighted by Gasteiger charge is 2.30. The minimum absolute atomic E-state index is 0.374. The highest BCUT2D eigenvalue weighted by Crippen LogP contribution is 2.21. The van der Waals surface area contributed by atoms with E-state index in [0.29, 0.717) is 29.6 Å². The summed E-state index contributed by atoms with van der Waals surface area (Å²) in [4.78, 5) is 2.53. The lowest BCUT2D eigenvalue weighted by Crippen LogP contribution is -2.51. The zero-order valence-electron chi connectivity index (χ0n) is 12.3. The van der Waals surface area contributed by atoms with Crippen LogP contribution in [0.3, 0.4) is 0 Å². The van der Waals surface area contributed by atoms with Gasteiger partial charge in [0.25, 0.3) is 0 Å². The Balaban J connectivity index is 1.92. The zero-order chi connectivity index (χ0) is 13.9. The molecule has 2 saturated heterocycles. The Morgan fingerprint density at radius 2 is 1.84 bits per heavy atom. The van der Waals surface area contributed by atoms with Gasteiger partial charge in [-0.15, -0.1) is 0 Å². The van der Waals surface area contributed by atoms with Gasteiger partial charge in [-0.1, -0.05) is 6.42 Å². The Kier molecular flexibility index (Phi) is 5.26. The SMILES string of the molecule is CC(C)N(CC1CCCCN1)C1CCS(=O)(=O)CC1. The van der Waals surface area contributed by atoms with Gasteiger partial charge in [-0.25, -0.2) is 8.42 Å². The lowest BCUT2D eigenvalue weighted by atomic mass is 10.0. The summed E-state index contributed by atoms with van der Waals surface area (Å²) in [5.41, 5.74) is 0. The molecule has 0 saturated carbocycles. The highest BCUT2D eigenvalue weighted by molar-refractivity contribution is 7.91. The molecule has 0 radical (unpaired) electrons. The van der Waals surface area contributed by atoms with Crippen molar-refractivity contribution in [1.82, 2.24) is 10.2 Å². The van der Waals surface area contributed by atoms with Gasteiger partial charge >= 0.3 is 0 Å². The molecule has 112 valence electrons. The van der Waals surface area contributed by atoms with Crippen molar-refractivity contribution in [2.45, 2.75) is 64.1 Å². The molecule has 0 aromatic rings. The fourth-order valence-corrected chi connectivity index (χ4v) is 4.79. The third-order valence-corrected chi connectivity index (χ3v) is 6.22. The Morgan fingerprint density at radius 1 is 1.16 bits per heavy atom. The van der Waals surface area contributed by atoms with Gasteiger partial charge in [0.15, 0.2) is 0 Å². The highest BCUT2D eigenvalue weighted by atomic mass is 32.2. The topological polar surface area (TPSA) is 49.4 Å². The second-order valence-corrected chi connectivity index (χ2v) is 8.62. The third-order valence-electron chi connectivity index (χ3n) is 4.50. The predicted octanol–water partition coefficient (Wildman–Crippen LogP) is 1.42. The predicted molar refractivity (Wildman–Crippen MR) is 79.2 cm³/mol. The molecule has 2 aliphatic rings. The second kappa shape index (κ2) is 6.55. The van der Waals surface area contributed by atoms with Crippen LogP contribution in [0.2, 0.25) is 0 Å². The van der Waals surface area contributed by atoms with E-state index in [2.05, 4.69) is 24.1 Å². The molecule has 19 heavy (non-hydrogen) atoms. The quantitative estimate of drug-likeness (QED) is 0.850. The van der Waals surface area contributed by atoms with Crippen LogP contribution in [0.25, 0.3) is 0 Å². The van der Waals surface area contributed by atoms with Crippen molar-refractivity contribution >= 4 is 9.84 Å². The molecular formula is C14H28N2O2S. The van der Waals surface area contributed by atoms with Crippen molar-refractivity contribution in [2.75, 3.05) is 24.6 Å². The third kappa shape index (κ3) is 4.43. The number of nitrogens with zero attached hydrogens (tertiary/aromatic N) is 1. The van der Waals surface area contributed by atoms with Crippen molar-refractivity contribution in [3.05, 3.63) is 0 Å². The first-order chi connectivity index (χ1) is 8.98. The molecule has 1 unspecified atom stereocenters. The molecule has 0 spiro atoms. The van der Waals surface area contributed by atoms with E-state index in [9.17, 15) is 8.42 Å². The molecule has 2 fully saturated rings. The fraction of sp³-hybridized carbons (Fsp3) is 1.00. The average molecular weight is 288 g/mol. The Morgan fingerprint density at radius 3 is 2.37 bits per heavy atom. The van der Waals surface area contributed by atoms with E-state index < -0.39 is 9.84 Å². The van der Waals surface area contributed by atoms with Gasteiger partial charge in [-0.3, -0.25) is 4.90 Å². The van der Waals surface area contributed by atoms with E-state index in [1.54, 1.807) is 0 Å². The first-order valence-electron chi connectivity index (χ1n) is 7.67. The summed E-state index contributed by atoms with van der Waals surface area (Å²) < 4.78 is 23.1. The summed E-state index contributed by atoms with van der Waals surface area (Å²) in [6, 6.07) is 1.54. The summed E-state index contributed by atoms with van der Waals surface area (Å²) in [6.07, 6.45) is 5.50. The molecule has 1 N–H and O–H groups in total. The van der Waals surface area contributed by atoms with Crippen LogP contribution in [0.4, 0.5) is 0 Å². The van der Waals surface area contributed by atoms with E-state index in [-0.39, 0.29) is 0 Å². The number of rotatable bonds is 4. The number of sulfone groups is 1. The van der Waals surface area contributed by atoms with Crippen LogP contribution >= 0.6 is 0 Å². The molecule has 2 heterocycles. The zero-order valence-corrected chi connectivity index (χ0v) is 13.1. The summed E-state index contributed by atoms with van der Waals surface area (Å²) >= 11 is 0. The molecule has 0 aromatic carbocycles. The van der Waals surface area contributed by atoms with Crippen LogP contribution in [0.5, 0.6) is 0 Å². The van der Waals surface area contributed by atoms with Crippen LogP contribution in [-0.2, 0) is 9.84 Å². The van der Waals surface area contributed by atoms with E-state index >= 15 is 0 Å². The van der Waals surface area contributed by atoms with Crippen molar-refractivity contribution in [3.8, 4) is 0 Å². The van der Waals surface area contributed by atoms with Gasteiger partial charge < -0.3 is 5.32 Å². The van der Waals surface area contributed by atoms with E-state index in [4.69, 9.17) is 0 Å².